The van der Waals surface area contributed by atoms with Gasteiger partial charge in [-0.25, -0.2) is 0 Å². The van der Waals surface area contributed by atoms with Gasteiger partial charge in [-0.1, -0.05) is 18.2 Å². The summed E-state index contributed by atoms with van der Waals surface area (Å²) in [5, 5.41) is 0.716. The van der Waals surface area contributed by atoms with E-state index in [2.05, 4.69) is 24.3 Å². The first-order valence-corrected chi connectivity index (χ1v) is 6.95. The first kappa shape index (κ1) is 10.4. The van der Waals surface area contributed by atoms with E-state index in [1.807, 2.05) is 11.8 Å². The minimum absolute atomic E-state index is 0.477. The summed E-state index contributed by atoms with van der Waals surface area (Å²) in [5.74, 6) is 1.14. The molecule has 3 rings (SSSR count). The summed E-state index contributed by atoms with van der Waals surface area (Å²) in [6.45, 7) is 0. The zero-order valence-electron chi connectivity index (χ0n) is 9.32. The van der Waals surface area contributed by atoms with Gasteiger partial charge in [0.25, 0.3) is 0 Å². The summed E-state index contributed by atoms with van der Waals surface area (Å²) in [6.07, 6.45) is 5.23. The van der Waals surface area contributed by atoms with Gasteiger partial charge in [-0.05, 0) is 36.8 Å². The number of Topliss-reactive ketones (excluding diaryl/α,β-unsaturated/α-hetero) is 1. The molecule has 2 heteroatoms. The fourth-order valence-corrected chi connectivity index (χ4v) is 4.30. The SMILES string of the molecule is O=C1CCC(CC2Cc3ccccc3S2)C1. The van der Waals surface area contributed by atoms with Gasteiger partial charge in [0.1, 0.15) is 5.78 Å². The van der Waals surface area contributed by atoms with Crippen LogP contribution in [0.1, 0.15) is 31.2 Å². The highest BCUT2D eigenvalue weighted by atomic mass is 32.2. The molecular formula is C14H16OS. The molecule has 1 nitrogen and oxygen atoms in total. The van der Waals surface area contributed by atoms with Crippen molar-refractivity contribution in [1.29, 1.82) is 0 Å². The number of hydrogen-bond acceptors (Lipinski definition) is 2. The highest BCUT2D eigenvalue weighted by Crippen LogP contribution is 2.41. The van der Waals surface area contributed by atoms with Crippen molar-refractivity contribution in [3.05, 3.63) is 29.8 Å². The largest absolute Gasteiger partial charge is 0.300 e. The molecular weight excluding hydrogens is 216 g/mol. The zero-order valence-corrected chi connectivity index (χ0v) is 10.1. The summed E-state index contributed by atoms with van der Waals surface area (Å²) in [6, 6.07) is 8.70. The Kier molecular flexibility index (Phi) is 2.76. The van der Waals surface area contributed by atoms with Crippen LogP contribution < -0.4 is 0 Å². The topological polar surface area (TPSA) is 17.1 Å². The Morgan fingerprint density at radius 3 is 2.88 bits per heavy atom. The fraction of sp³-hybridized carbons (Fsp3) is 0.500. The molecule has 0 aromatic heterocycles. The molecule has 1 aromatic carbocycles. The first-order chi connectivity index (χ1) is 7.81. The van der Waals surface area contributed by atoms with E-state index in [0.29, 0.717) is 17.0 Å². The first-order valence-electron chi connectivity index (χ1n) is 6.07. The summed E-state index contributed by atoms with van der Waals surface area (Å²) in [5.41, 5.74) is 1.50. The summed E-state index contributed by atoms with van der Waals surface area (Å²) in [7, 11) is 0. The maximum absolute atomic E-state index is 11.2. The van der Waals surface area contributed by atoms with Crippen molar-refractivity contribution in [3.63, 3.8) is 0 Å². The molecule has 0 radical (unpaired) electrons. The smallest absolute Gasteiger partial charge is 0.133 e. The third kappa shape index (κ3) is 2.03. The number of carbonyl (C=O) groups excluding carboxylic acids is 1. The van der Waals surface area contributed by atoms with Crippen LogP contribution in [0.2, 0.25) is 0 Å². The fourth-order valence-electron chi connectivity index (χ4n) is 2.85. The van der Waals surface area contributed by atoms with E-state index < -0.39 is 0 Å². The standard InChI is InChI=1S/C14H16OS/c15-12-6-5-10(7-12)8-13-9-11-3-1-2-4-14(11)16-13/h1-4,10,13H,5-9H2. The van der Waals surface area contributed by atoms with Gasteiger partial charge >= 0.3 is 0 Å². The molecule has 0 saturated heterocycles. The van der Waals surface area contributed by atoms with Gasteiger partial charge in [0.2, 0.25) is 0 Å². The highest BCUT2D eigenvalue weighted by molar-refractivity contribution is 8.00. The molecule has 0 amide bonds. The molecule has 1 aliphatic carbocycles. The van der Waals surface area contributed by atoms with Crippen molar-refractivity contribution >= 4 is 17.5 Å². The van der Waals surface area contributed by atoms with Crippen LogP contribution in [-0.2, 0) is 11.2 Å². The van der Waals surface area contributed by atoms with Crippen LogP contribution in [0.4, 0.5) is 0 Å². The lowest BCUT2D eigenvalue weighted by Crippen LogP contribution is -2.08. The molecule has 16 heavy (non-hydrogen) atoms. The summed E-state index contributed by atoms with van der Waals surface area (Å²) < 4.78 is 0. The quantitative estimate of drug-likeness (QED) is 0.776. The lowest BCUT2D eigenvalue weighted by atomic mass is 9.98. The Balaban J connectivity index is 1.62. The lowest BCUT2D eigenvalue weighted by Gasteiger charge is -2.13. The molecule has 1 aliphatic heterocycles. The van der Waals surface area contributed by atoms with Gasteiger partial charge in [0.15, 0.2) is 0 Å². The van der Waals surface area contributed by atoms with Crippen molar-refractivity contribution in [1.82, 2.24) is 0 Å². The van der Waals surface area contributed by atoms with Crippen LogP contribution in [0, 0.1) is 5.92 Å². The molecule has 2 unspecified atom stereocenters. The van der Waals surface area contributed by atoms with E-state index in [-0.39, 0.29) is 0 Å². The molecule has 0 spiro atoms. The van der Waals surface area contributed by atoms with Crippen molar-refractivity contribution in [3.8, 4) is 0 Å². The van der Waals surface area contributed by atoms with E-state index in [0.717, 1.165) is 19.3 Å². The van der Waals surface area contributed by atoms with Gasteiger partial charge in [0.05, 0.1) is 0 Å². The lowest BCUT2D eigenvalue weighted by molar-refractivity contribution is -0.117. The van der Waals surface area contributed by atoms with E-state index in [4.69, 9.17) is 0 Å². The van der Waals surface area contributed by atoms with Crippen LogP contribution >= 0.6 is 11.8 Å². The van der Waals surface area contributed by atoms with E-state index in [9.17, 15) is 4.79 Å². The Labute approximate surface area is 101 Å². The minimum Gasteiger partial charge on any atom is -0.300 e. The third-order valence-electron chi connectivity index (χ3n) is 3.66. The van der Waals surface area contributed by atoms with Crippen LogP contribution in [-0.4, -0.2) is 11.0 Å². The normalized spacial score (nSPS) is 28.4. The Hall–Kier alpha value is -0.760. The molecule has 84 valence electrons. The molecule has 1 fully saturated rings. The Morgan fingerprint density at radius 1 is 1.25 bits per heavy atom. The van der Waals surface area contributed by atoms with Gasteiger partial charge in [-0.15, -0.1) is 11.8 Å². The van der Waals surface area contributed by atoms with Crippen LogP contribution in [0.5, 0.6) is 0 Å². The van der Waals surface area contributed by atoms with E-state index in [1.165, 1.54) is 23.3 Å². The van der Waals surface area contributed by atoms with Crippen LogP contribution in [0.3, 0.4) is 0 Å². The van der Waals surface area contributed by atoms with Gasteiger partial charge in [0, 0.05) is 23.0 Å². The zero-order chi connectivity index (χ0) is 11.0. The van der Waals surface area contributed by atoms with Crippen molar-refractivity contribution in [2.45, 2.75) is 42.2 Å². The Morgan fingerprint density at radius 2 is 2.12 bits per heavy atom. The predicted octanol–water partition coefficient (Wildman–Crippen LogP) is 3.46. The minimum atomic E-state index is 0.477. The third-order valence-corrected chi connectivity index (χ3v) is 5.00. The molecule has 1 heterocycles. The number of carbonyl (C=O) groups is 1. The second-order valence-corrected chi connectivity index (χ2v) is 6.28. The molecule has 2 aliphatic rings. The number of rotatable bonds is 2. The number of benzene rings is 1. The van der Waals surface area contributed by atoms with Gasteiger partial charge < -0.3 is 0 Å². The van der Waals surface area contributed by atoms with Crippen molar-refractivity contribution in [2.75, 3.05) is 0 Å². The summed E-state index contributed by atoms with van der Waals surface area (Å²) >= 11 is 2.01. The average Bonchev–Trinajstić information content (AvgIpc) is 2.84. The average molecular weight is 232 g/mol. The number of fused-ring (bicyclic) bond motifs is 1. The van der Waals surface area contributed by atoms with E-state index >= 15 is 0 Å². The molecule has 2 atom stereocenters. The summed E-state index contributed by atoms with van der Waals surface area (Å²) in [4.78, 5) is 12.7. The van der Waals surface area contributed by atoms with Crippen molar-refractivity contribution < 1.29 is 4.79 Å². The van der Waals surface area contributed by atoms with Gasteiger partial charge in [-0.3, -0.25) is 4.79 Å². The second kappa shape index (κ2) is 4.25. The van der Waals surface area contributed by atoms with Crippen LogP contribution in [0.15, 0.2) is 29.2 Å². The molecule has 0 N–H and O–H groups in total. The molecule has 1 aromatic rings. The van der Waals surface area contributed by atoms with E-state index in [1.54, 1.807) is 0 Å². The second-order valence-electron chi connectivity index (χ2n) is 4.93. The number of ketones is 1. The molecule has 0 bridgehead atoms. The number of thioether (sulfide) groups is 1. The number of hydrogen-bond donors (Lipinski definition) is 0. The maximum atomic E-state index is 11.2. The Bertz CT molecular complexity index is 388. The highest BCUT2D eigenvalue weighted by Gasteiger charge is 2.28. The van der Waals surface area contributed by atoms with Gasteiger partial charge in [-0.2, -0.15) is 0 Å². The predicted molar refractivity (Wildman–Crippen MR) is 66.8 cm³/mol. The van der Waals surface area contributed by atoms with Crippen molar-refractivity contribution in [2.24, 2.45) is 5.92 Å². The maximum Gasteiger partial charge on any atom is 0.133 e. The van der Waals surface area contributed by atoms with Crippen LogP contribution in [0.25, 0.3) is 0 Å². The monoisotopic (exact) mass is 232 g/mol. The molecule has 1 saturated carbocycles.